The maximum absolute atomic E-state index is 12.2. The van der Waals surface area contributed by atoms with Crippen LogP contribution >= 0.6 is 11.3 Å². The quantitative estimate of drug-likeness (QED) is 0.508. The van der Waals surface area contributed by atoms with E-state index in [1.165, 1.54) is 12.4 Å². The predicted octanol–water partition coefficient (Wildman–Crippen LogP) is 2.06. The Hall–Kier alpha value is -0.980. The van der Waals surface area contributed by atoms with Crippen LogP contribution in [-0.2, 0) is 22.9 Å². The predicted molar refractivity (Wildman–Crippen MR) is 52.6 cm³/mol. The van der Waals surface area contributed by atoms with E-state index in [1.807, 2.05) is 0 Å². The molecule has 4 nitrogen and oxygen atoms in total. The second-order valence-electron chi connectivity index (χ2n) is 2.72. The van der Waals surface area contributed by atoms with Gasteiger partial charge >= 0.3 is 12.4 Å². The number of aromatic nitrogens is 1. The fraction of sp³-hybridized carbons (Fsp3) is 0.429. The number of thiazole rings is 1. The third-order valence-corrected chi connectivity index (χ3v) is 3.73. The van der Waals surface area contributed by atoms with Crippen LogP contribution in [0.5, 0.6) is 0 Å². The normalized spacial score (nSPS) is 14.4. The van der Waals surface area contributed by atoms with Crippen molar-refractivity contribution in [2.24, 2.45) is 0 Å². The molecule has 9 heteroatoms. The summed E-state index contributed by atoms with van der Waals surface area (Å²) in [4.78, 5) is 3.34. The lowest BCUT2D eigenvalue weighted by Crippen LogP contribution is -2.08. The standard InChI is InChI=1S/C7H6F3N3OS2/c1-13(4-11)16(14)3-5-2-15-6(12-5)7(8,9)10/h2H,3H2,1H3/p+1. The summed E-state index contributed by atoms with van der Waals surface area (Å²) in [6, 6.07) is 0. The van der Waals surface area contributed by atoms with Gasteiger partial charge in [-0.15, -0.1) is 15.3 Å². The highest BCUT2D eigenvalue weighted by molar-refractivity contribution is 7.78. The summed E-state index contributed by atoms with van der Waals surface area (Å²) in [7, 11) is -0.0828. The van der Waals surface area contributed by atoms with Gasteiger partial charge in [0.25, 0.3) is 0 Å². The van der Waals surface area contributed by atoms with Gasteiger partial charge in [0.1, 0.15) is 11.0 Å². The fourth-order valence-electron chi connectivity index (χ4n) is 0.780. The molecular weight excluding hydrogens is 263 g/mol. The molecule has 1 atom stereocenters. The first-order valence-corrected chi connectivity index (χ1v) is 6.08. The second kappa shape index (κ2) is 4.90. The lowest BCUT2D eigenvalue weighted by Gasteiger charge is -1.99. The van der Waals surface area contributed by atoms with E-state index in [9.17, 15) is 17.7 Å². The van der Waals surface area contributed by atoms with Crippen molar-refractivity contribution in [1.82, 2.24) is 4.98 Å². The molecule has 0 radical (unpaired) electrons. The first-order chi connectivity index (χ1) is 7.34. The highest BCUT2D eigenvalue weighted by Gasteiger charge is 2.34. The Kier molecular flexibility index (Phi) is 4.01. The summed E-state index contributed by atoms with van der Waals surface area (Å²) in [6.07, 6.45) is -2.79. The van der Waals surface area contributed by atoms with Crippen molar-refractivity contribution in [3.8, 4) is 6.19 Å². The van der Waals surface area contributed by atoms with E-state index in [4.69, 9.17) is 5.26 Å². The Morgan fingerprint density at radius 3 is 2.75 bits per heavy atom. The molecule has 1 heterocycles. The van der Waals surface area contributed by atoms with Crippen LogP contribution in [0.4, 0.5) is 13.2 Å². The van der Waals surface area contributed by atoms with Gasteiger partial charge in [-0.25, -0.2) is 4.98 Å². The van der Waals surface area contributed by atoms with Crippen LogP contribution in [0.3, 0.4) is 0 Å². The van der Waals surface area contributed by atoms with Gasteiger partial charge in [-0.05, 0) is 0 Å². The average molecular weight is 270 g/mol. The lowest BCUT2D eigenvalue weighted by molar-refractivity contribution is -0.379. The van der Waals surface area contributed by atoms with E-state index < -0.39 is 22.2 Å². The number of hydrogen-bond donors (Lipinski definition) is 1. The van der Waals surface area contributed by atoms with Gasteiger partial charge in [0.05, 0.1) is 18.5 Å². The second-order valence-corrected chi connectivity index (χ2v) is 5.10. The van der Waals surface area contributed by atoms with Crippen LogP contribution in [0.1, 0.15) is 10.7 Å². The number of hydrogen-bond acceptors (Lipinski definition) is 3. The molecule has 0 aliphatic carbocycles. The molecule has 0 fully saturated rings. The largest absolute Gasteiger partial charge is 0.467 e. The number of alkyl halides is 3. The third-order valence-electron chi connectivity index (χ3n) is 1.53. The zero-order valence-corrected chi connectivity index (χ0v) is 9.66. The minimum absolute atomic E-state index is 0.0867. The molecule has 0 aromatic carbocycles. The van der Waals surface area contributed by atoms with E-state index in [0.29, 0.717) is 11.3 Å². The highest BCUT2D eigenvalue weighted by atomic mass is 32.2. The van der Waals surface area contributed by atoms with Crippen molar-refractivity contribution in [3.05, 3.63) is 16.1 Å². The summed E-state index contributed by atoms with van der Waals surface area (Å²) in [5.41, 5.74) is 0.130. The lowest BCUT2D eigenvalue weighted by atomic mass is 10.6. The topological polar surface area (TPSA) is 59.9 Å². The molecule has 1 rings (SSSR count). The minimum Gasteiger partial charge on any atom is -0.305 e. The van der Waals surface area contributed by atoms with Crippen LogP contribution in [0.15, 0.2) is 5.38 Å². The third kappa shape index (κ3) is 3.26. The average Bonchev–Trinajstić information content (AvgIpc) is 2.64. The Morgan fingerprint density at radius 1 is 1.69 bits per heavy atom. The molecule has 88 valence electrons. The van der Waals surface area contributed by atoms with Gasteiger partial charge < -0.3 is 4.55 Å². The van der Waals surface area contributed by atoms with Crippen molar-refractivity contribution in [2.45, 2.75) is 11.9 Å². The first-order valence-electron chi connectivity index (χ1n) is 3.89. The van der Waals surface area contributed by atoms with Crippen LogP contribution in [-0.4, -0.2) is 20.5 Å². The van der Waals surface area contributed by atoms with Gasteiger partial charge in [0, 0.05) is 5.38 Å². The van der Waals surface area contributed by atoms with Gasteiger partial charge in [0.2, 0.25) is 0 Å². The van der Waals surface area contributed by atoms with Crippen LogP contribution < -0.4 is 0 Å². The molecule has 1 aromatic rings. The van der Waals surface area contributed by atoms with Crippen LogP contribution in [0.2, 0.25) is 0 Å². The molecule has 0 aliphatic rings. The Balaban J connectivity index is 2.86. The van der Waals surface area contributed by atoms with Crippen molar-refractivity contribution < 1.29 is 21.7 Å². The number of nitrogens with zero attached hydrogens (tertiary/aromatic N) is 3. The maximum atomic E-state index is 12.2. The molecule has 0 aliphatic heterocycles. The molecule has 0 saturated carbocycles. The SMILES string of the molecule is C[N+](C#N)=S(O)Cc1csc(C(F)(F)F)n1. The first kappa shape index (κ1) is 13.1. The van der Waals surface area contributed by atoms with E-state index in [0.717, 1.165) is 3.95 Å². The van der Waals surface area contributed by atoms with Gasteiger partial charge in [-0.2, -0.15) is 13.2 Å². The van der Waals surface area contributed by atoms with Crippen molar-refractivity contribution in [1.29, 1.82) is 5.26 Å². The number of nitriles is 1. The van der Waals surface area contributed by atoms with Crippen LogP contribution in [0.25, 0.3) is 0 Å². The summed E-state index contributed by atoms with van der Waals surface area (Å²) in [5.74, 6) is -0.0867. The molecule has 0 amide bonds. The maximum Gasteiger partial charge on any atom is 0.467 e. The molecule has 1 unspecified atom stereocenters. The molecule has 1 aromatic heterocycles. The van der Waals surface area contributed by atoms with E-state index in [1.54, 1.807) is 6.19 Å². The van der Waals surface area contributed by atoms with Gasteiger partial charge in [-0.1, -0.05) is 0 Å². The zero-order chi connectivity index (χ0) is 12.3. The zero-order valence-electron chi connectivity index (χ0n) is 8.02. The number of halogens is 3. The molecule has 1 N–H and O–H groups in total. The molecule has 16 heavy (non-hydrogen) atoms. The summed E-state index contributed by atoms with van der Waals surface area (Å²) in [6.45, 7) is 0. The Labute approximate surface area is 95.9 Å². The van der Waals surface area contributed by atoms with Crippen LogP contribution in [0, 0.1) is 11.5 Å². The highest BCUT2D eigenvalue weighted by Crippen LogP contribution is 2.31. The smallest absolute Gasteiger partial charge is 0.305 e. The minimum atomic E-state index is -4.46. The molecule has 0 spiro atoms. The van der Waals surface area contributed by atoms with Crippen molar-refractivity contribution >= 4 is 22.3 Å². The molecule has 0 saturated heterocycles. The summed E-state index contributed by atoms with van der Waals surface area (Å²) < 4.78 is 46.9. The van der Waals surface area contributed by atoms with Crippen molar-refractivity contribution in [3.63, 3.8) is 0 Å². The summed E-state index contributed by atoms with van der Waals surface area (Å²) in [5, 5.41) is 8.72. The number of rotatable bonds is 2. The van der Waals surface area contributed by atoms with Gasteiger partial charge in [0.15, 0.2) is 10.3 Å². The Bertz CT molecular complexity index is 460. The van der Waals surface area contributed by atoms with Gasteiger partial charge in [-0.3, -0.25) is 0 Å². The van der Waals surface area contributed by atoms with E-state index in [-0.39, 0.29) is 11.4 Å². The Morgan fingerprint density at radius 2 is 2.31 bits per heavy atom. The molecule has 0 bridgehead atoms. The van der Waals surface area contributed by atoms with E-state index >= 15 is 0 Å². The fourth-order valence-corrected chi connectivity index (χ4v) is 2.27. The monoisotopic (exact) mass is 270 g/mol. The van der Waals surface area contributed by atoms with E-state index in [2.05, 4.69) is 4.98 Å². The molecular formula is C7H7F3N3OS2+. The summed E-state index contributed by atoms with van der Waals surface area (Å²) >= 11 is 0.474. The van der Waals surface area contributed by atoms with Crippen molar-refractivity contribution in [2.75, 3.05) is 7.05 Å².